The van der Waals surface area contributed by atoms with Crippen LogP contribution in [0, 0.1) is 0 Å². The summed E-state index contributed by atoms with van der Waals surface area (Å²) in [6.07, 6.45) is 2.69. The number of guanidine groups is 1. The van der Waals surface area contributed by atoms with E-state index in [9.17, 15) is 0 Å². The molecule has 0 unspecified atom stereocenters. The highest BCUT2D eigenvalue weighted by Gasteiger charge is 2.13. The number of ether oxygens (including phenoxy) is 1. The Balaban J connectivity index is 1.92. The largest absolute Gasteiger partial charge is 0.497 e. The third kappa shape index (κ3) is 5.39. The number of rotatable bonds is 8. The molecule has 0 fully saturated rings. The Bertz CT molecular complexity index is 785. The van der Waals surface area contributed by atoms with Gasteiger partial charge in [0.1, 0.15) is 5.75 Å². The normalized spacial score (nSPS) is 11.6. The van der Waals surface area contributed by atoms with Gasteiger partial charge in [0.15, 0.2) is 5.96 Å². The lowest BCUT2D eigenvalue weighted by Gasteiger charge is -2.13. The lowest BCUT2D eigenvalue weighted by atomic mass is 10.1. The van der Waals surface area contributed by atoms with Crippen LogP contribution in [0.2, 0.25) is 5.02 Å². The van der Waals surface area contributed by atoms with Crippen LogP contribution in [-0.4, -0.2) is 36.4 Å². The van der Waals surface area contributed by atoms with E-state index in [1.165, 1.54) is 11.3 Å². The van der Waals surface area contributed by atoms with E-state index in [4.69, 9.17) is 16.3 Å². The van der Waals surface area contributed by atoms with Gasteiger partial charge < -0.3 is 15.4 Å². The van der Waals surface area contributed by atoms with Crippen molar-refractivity contribution < 1.29 is 4.74 Å². The zero-order valence-corrected chi connectivity index (χ0v) is 17.7. The van der Waals surface area contributed by atoms with Crippen molar-refractivity contribution in [2.75, 3.05) is 20.7 Å². The van der Waals surface area contributed by atoms with Crippen molar-refractivity contribution in [2.24, 2.45) is 12.0 Å². The lowest BCUT2D eigenvalue weighted by Crippen LogP contribution is -2.38. The molecule has 2 N–H and O–H groups in total. The summed E-state index contributed by atoms with van der Waals surface area (Å²) in [6, 6.07) is 5.76. The molecule has 148 valence electrons. The predicted molar refractivity (Wildman–Crippen MR) is 112 cm³/mol. The highest BCUT2D eigenvalue weighted by molar-refractivity contribution is 6.31. The van der Waals surface area contributed by atoms with E-state index in [0.29, 0.717) is 6.54 Å². The van der Waals surface area contributed by atoms with Crippen molar-refractivity contribution in [2.45, 2.75) is 39.7 Å². The van der Waals surface area contributed by atoms with Gasteiger partial charge in [-0.25, -0.2) is 0 Å². The number of aliphatic imine (C=N–C) groups is 1. The second kappa shape index (κ2) is 10.2. The molecule has 2 rings (SSSR count). The first-order chi connectivity index (χ1) is 13.0. The molecule has 27 heavy (non-hydrogen) atoms. The number of hydrogen-bond acceptors (Lipinski definition) is 3. The van der Waals surface area contributed by atoms with Gasteiger partial charge >= 0.3 is 0 Å². The SMILES string of the molecule is CCc1nn(C)c(CC)c1CNC(=NC)NCCc1ccc(OC)cc1Cl. The summed E-state index contributed by atoms with van der Waals surface area (Å²) in [5, 5.41) is 12.1. The van der Waals surface area contributed by atoms with Crippen LogP contribution in [0.5, 0.6) is 5.75 Å². The Kier molecular flexibility index (Phi) is 7.98. The molecule has 0 bridgehead atoms. The van der Waals surface area contributed by atoms with Crippen LogP contribution in [0.15, 0.2) is 23.2 Å². The first-order valence-electron chi connectivity index (χ1n) is 9.34. The van der Waals surface area contributed by atoms with Crippen LogP contribution in [0.3, 0.4) is 0 Å². The molecule has 0 radical (unpaired) electrons. The molecule has 0 atom stereocenters. The summed E-state index contributed by atoms with van der Waals surface area (Å²) in [5.41, 5.74) is 4.75. The number of nitrogens with zero attached hydrogens (tertiary/aromatic N) is 3. The summed E-state index contributed by atoms with van der Waals surface area (Å²) >= 11 is 6.30. The van der Waals surface area contributed by atoms with E-state index in [0.717, 1.165) is 53.8 Å². The van der Waals surface area contributed by atoms with Crippen molar-refractivity contribution in [3.63, 3.8) is 0 Å². The van der Waals surface area contributed by atoms with Crippen LogP contribution in [0.25, 0.3) is 0 Å². The van der Waals surface area contributed by atoms with E-state index in [-0.39, 0.29) is 0 Å². The van der Waals surface area contributed by atoms with E-state index in [1.807, 2.05) is 29.9 Å². The van der Waals surface area contributed by atoms with Gasteiger partial charge in [0.05, 0.1) is 12.8 Å². The minimum Gasteiger partial charge on any atom is -0.497 e. The molecule has 0 aliphatic rings. The van der Waals surface area contributed by atoms with Gasteiger partial charge in [0, 0.05) is 43.5 Å². The topological polar surface area (TPSA) is 63.5 Å². The quantitative estimate of drug-likeness (QED) is 0.536. The fourth-order valence-electron chi connectivity index (χ4n) is 3.16. The van der Waals surface area contributed by atoms with Gasteiger partial charge in [0.25, 0.3) is 0 Å². The Morgan fingerprint density at radius 1 is 1.26 bits per heavy atom. The molecule has 0 saturated heterocycles. The molecule has 7 heteroatoms. The molecule has 0 aliphatic heterocycles. The van der Waals surface area contributed by atoms with E-state index in [1.54, 1.807) is 14.2 Å². The molecular formula is C20H30ClN5O. The second-order valence-electron chi connectivity index (χ2n) is 6.26. The summed E-state index contributed by atoms with van der Waals surface area (Å²) < 4.78 is 7.17. The van der Waals surface area contributed by atoms with Crippen LogP contribution < -0.4 is 15.4 Å². The van der Waals surface area contributed by atoms with Gasteiger partial charge in [0.2, 0.25) is 0 Å². The molecule has 1 aromatic heterocycles. The van der Waals surface area contributed by atoms with Gasteiger partial charge in [-0.2, -0.15) is 5.10 Å². The Morgan fingerprint density at radius 3 is 2.63 bits per heavy atom. The fourth-order valence-corrected chi connectivity index (χ4v) is 3.43. The first-order valence-corrected chi connectivity index (χ1v) is 9.72. The number of aromatic nitrogens is 2. The van der Waals surface area contributed by atoms with Crippen molar-refractivity contribution in [3.05, 3.63) is 45.7 Å². The molecule has 1 heterocycles. The molecule has 0 amide bonds. The smallest absolute Gasteiger partial charge is 0.191 e. The first kappa shape index (κ1) is 21.1. The van der Waals surface area contributed by atoms with Crippen LogP contribution >= 0.6 is 11.6 Å². The minimum atomic E-state index is 0.711. The molecular weight excluding hydrogens is 362 g/mol. The van der Waals surface area contributed by atoms with Crippen molar-refractivity contribution in [1.29, 1.82) is 0 Å². The number of hydrogen-bond donors (Lipinski definition) is 2. The van der Waals surface area contributed by atoms with Crippen LogP contribution in [0.1, 0.15) is 36.4 Å². The summed E-state index contributed by atoms with van der Waals surface area (Å²) in [7, 11) is 5.42. The van der Waals surface area contributed by atoms with Crippen molar-refractivity contribution >= 4 is 17.6 Å². The fraction of sp³-hybridized carbons (Fsp3) is 0.500. The maximum atomic E-state index is 6.30. The Hall–Kier alpha value is -2.21. The van der Waals surface area contributed by atoms with Gasteiger partial charge in [-0.3, -0.25) is 9.67 Å². The third-order valence-corrected chi connectivity index (χ3v) is 4.98. The van der Waals surface area contributed by atoms with Crippen molar-refractivity contribution in [3.8, 4) is 5.75 Å². The minimum absolute atomic E-state index is 0.711. The Morgan fingerprint density at radius 2 is 2.04 bits per heavy atom. The number of benzene rings is 1. The Labute approximate surface area is 167 Å². The summed E-state index contributed by atoms with van der Waals surface area (Å²) in [6.45, 7) is 5.74. The van der Waals surface area contributed by atoms with E-state index in [2.05, 4.69) is 34.6 Å². The number of aryl methyl sites for hydroxylation is 2. The van der Waals surface area contributed by atoms with Crippen molar-refractivity contribution in [1.82, 2.24) is 20.4 Å². The highest BCUT2D eigenvalue weighted by Crippen LogP contribution is 2.22. The molecule has 1 aromatic carbocycles. The maximum Gasteiger partial charge on any atom is 0.191 e. The zero-order valence-electron chi connectivity index (χ0n) is 16.9. The van der Waals surface area contributed by atoms with Gasteiger partial charge in [-0.05, 0) is 37.0 Å². The molecule has 0 spiro atoms. The van der Waals surface area contributed by atoms with Gasteiger partial charge in [-0.1, -0.05) is 31.5 Å². The maximum absolute atomic E-state index is 6.30. The summed E-state index contributed by atoms with van der Waals surface area (Å²) in [5.74, 6) is 1.54. The number of methoxy groups -OCH3 is 1. The average Bonchev–Trinajstić information content (AvgIpc) is 2.99. The van der Waals surface area contributed by atoms with E-state index >= 15 is 0 Å². The molecule has 0 saturated carbocycles. The predicted octanol–water partition coefficient (Wildman–Crippen LogP) is 3.11. The number of nitrogens with one attached hydrogen (secondary N) is 2. The van der Waals surface area contributed by atoms with Crippen LogP contribution in [0.4, 0.5) is 0 Å². The third-order valence-electron chi connectivity index (χ3n) is 4.63. The lowest BCUT2D eigenvalue weighted by molar-refractivity contribution is 0.414. The van der Waals surface area contributed by atoms with Crippen LogP contribution in [-0.2, 0) is 32.9 Å². The van der Waals surface area contributed by atoms with Gasteiger partial charge in [-0.15, -0.1) is 0 Å². The average molecular weight is 392 g/mol. The molecule has 2 aromatic rings. The number of halogens is 1. The molecule has 0 aliphatic carbocycles. The molecule has 6 nitrogen and oxygen atoms in total. The van der Waals surface area contributed by atoms with E-state index < -0.39 is 0 Å². The zero-order chi connectivity index (χ0) is 19.8. The summed E-state index contributed by atoms with van der Waals surface area (Å²) in [4.78, 5) is 4.32. The second-order valence-corrected chi connectivity index (χ2v) is 6.67. The highest BCUT2D eigenvalue weighted by atomic mass is 35.5. The standard InChI is InChI=1S/C20H30ClN5O/c1-6-18-16(19(7-2)26(4)25-18)13-24-20(22-3)23-11-10-14-8-9-15(27-5)12-17(14)21/h8-9,12H,6-7,10-11,13H2,1-5H3,(H2,22,23,24). The monoisotopic (exact) mass is 391 g/mol.